The molecule has 1 atom stereocenters. The first-order chi connectivity index (χ1) is 12.1. The zero-order valence-electron chi connectivity index (χ0n) is 14.3. The van der Waals surface area contributed by atoms with Crippen LogP contribution < -0.4 is 10.6 Å². The van der Waals surface area contributed by atoms with Gasteiger partial charge >= 0.3 is 0 Å². The molecule has 0 bridgehead atoms. The molecule has 0 aliphatic carbocycles. The summed E-state index contributed by atoms with van der Waals surface area (Å²) in [6, 6.07) is 13.9. The van der Waals surface area contributed by atoms with Crippen molar-refractivity contribution >= 4 is 29.9 Å². The Morgan fingerprint density at radius 1 is 1.23 bits per heavy atom. The molecule has 26 heavy (non-hydrogen) atoms. The highest BCUT2D eigenvalue weighted by Crippen LogP contribution is 2.28. The smallest absolute Gasteiger partial charge is 0.234 e. The molecule has 2 N–H and O–H groups in total. The molecule has 1 heterocycles. The summed E-state index contributed by atoms with van der Waals surface area (Å²) in [6.45, 7) is 3.07. The van der Waals surface area contributed by atoms with Gasteiger partial charge in [0.05, 0.1) is 6.54 Å². The third-order valence-corrected chi connectivity index (χ3v) is 4.71. The number of hydrogen-bond acceptors (Lipinski definition) is 3. The average molecular weight is 398 g/mol. The first-order valence-electron chi connectivity index (χ1n) is 8.34. The lowest BCUT2D eigenvalue weighted by molar-refractivity contribution is -0.123. The van der Waals surface area contributed by atoms with Crippen LogP contribution in [0.2, 0.25) is 5.02 Å². The first-order valence-corrected chi connectivity index (χ1v) is 8.71. The number of nitrogens with one attached hydrogen (secondary N) is 2. The van der Waals surface area contributed by atoms with Gasteiger partial charge in [-0.25, -0.2) is 4.39 Å². The molecule has 2 aromatic carbocycles. The van der Waals surface area contributed by atoms with Crippen LogP contribution in [0.5, 0.6) is 0 Å². The molecular weight excluding hydrogens is 376 g/mol. The maximum absolute atomic E-state index is 12.9. The Labute approximate surface area is 164 Å². The molecule has 0 aromatic heterocycles. The molecule has 140 valence electrons. The number of halogens is 3. The van der Waals surface area contributed by atoms with Gasteiger partial charge in [0, 0.05) is 37.2 Å². The number of carbonyl (C=O) groups excluding carboxylic acids is 1. The van der Waals surface area contributed by atoms with E-state index in [1.54, 1.807) is 12.1 Å². The van der Waals surface area contributed by atoms with Crippen molar-refractivity contribution < 1.29 is 9.18 Å². The molecule has 0 saturated carbocycles. The Balaban J connectivity index is 0.00000243. The highest BCUT2D eigenvalue weighted by atomic mass is 35.5. The zero-order valence-corrected chi connectivity index (χ0v) is 15.8. The van der Waals surface area contributed by atoms with E-state index in [1.165, 1.54) is 12.1 Å². The minimum atomic E-state index is -0.279. The van der Waals surface area contributed by atoms with Gasteiger partial charge in [-0.2, -0.15) is 0 Å². The monoisotopic (exact) mass is 397 g/mol. The summed E-state index contributed by atoms with van der Waals surface area (Å²) in [7, 11) is 0. The standard InChI is InChI=1S/C19H21ClFN3O.ClH/c20-17-4-2-1-3-16(17)18-12-22-9-10-24(18)13-19(25)23-11-14-5-7-15(21)8-6-14;/h1-8,18,22H,9-13H2,(H,23,25);1H. The van der Waals surface area contributed by atoms with E-state index in [0.717, 1.165) is 30.8 Å². The van der Waals surface area contributed by atoms with Gasteiger partial charge < -0.3 is 10.6 Å². The Morgan fingerprint density at radius 3 is 2.69 bits per heavy atom. The number of carbonyl (C=O) groups is 1. The third kappa shape index (κ3) is 5.42. The van der Waals surface area contributed by atoms with Crippen LogP contribution >= 0.6 is 24.0 Å². The molecule has 0 radical (unpaired) electrons. The summed E-state index contributed by atoms with van der Waals surface area (Å²) in [6.07, 6.45) is 0. The topological polar surface area (TPSA) is 44.4 Å². The molecular formula is C19H22Cl2FN3O. The lowest BCUT2D eigenvalue weighted by atomic mass is 10.0. The lowest BCUT2D eigenvalue weighted by Gasteiger charge is -2.36. The van der Waals surface area contributed by atoms with Crippen molar-refractivity contribution in [3.05, 3.63) is 70.5 Å². The summed E-state index contributed by atoms with van der Waals surface area (Å²) >= 11 is 6.33. The van der Waals surface area contributed by atoms with E-state index in [1.807, 2.05) is 24.3 Å². The Kier molecular flexibility index (Phi) is 7.85. The molecule has 1 aliphatic rings. The molecule has 2 aromatic rings. The summed E-state index contributed by atoms with van der Waals surface area (Å²) in [5, 5.41) is 6.97. The highest BCUT2D eigenvalue weighted by Gasteiger charge is 2.26. The number of rotatable bonds is 5. The van der Waals surface area contributed by atoms with Crippen molar-refractivity contribution in [3.8, 4) is 0 Å². The van der Waals surface area contributed by atoms with E-state index in [0.29, 0.717) is 18.1 Å². The molecule has 1 unspecified atom stereocenters. The summed E-state index contributed by atoms with van der Waals surface area (Å²) in [4.78, 5) is 14.5. The quantitative estimate of drug-likeness (QED) is 0.814. The van der Waals surface area contributed by atoms with E-state index in [9.17, 15) is 9.18 Å². The van der Waals surface area contributed by atoms with Gasteiger partial charge in [-0.05, 0) is 29.3 Å². The first kappa shape index (κ1) is 20.6. The minimum Gasteiger partial charge on any atom is -0.351 e. The zero-order chi connectivity index (χ0) is 17.6. The second kappa shape index (κ2) is 9.88. The number of nitrogens with zero attached hydrogens (tertiary/aromatic N) is 1. The molecule has 7 heteroatoms. The summed E-state index contributed by atoms with van der Waals surface area (Å²) < 4.78 is 12.9. The average Bonchev–Trinajstić information content (AvgIpc) is 2.62. The largest absolute Gasteiger partial charge is 0.351 e. The Morgan fingerprint density at radius 2 is 1.96 bits per heavy atom. The second-order valence-corrected chi connectivity index (χ2v) is 6.52. The van der Waals surface area contributed by atoms with Crippen LogP contribution in [0.25, 0.3) is 0 Å². The van der Waals surface area contributed by atoms with Crippen molar-refractivity contribution in [1.82, 2.24) is 15.5 Å². The summed E-state index contributed by atoms with van der Waals surface area (Å²) in [5.41, 5.74) is 1.90. The maximum atomic E-state index is 12.9. The molecule has 1 fully saturated rings. The Hall–Kier alpha value is -1.66. The van der Waals surface area contributed by atoms with Crippen LogP contribution in [0.4, 0.5) is 4.39 Å². The molecule has 0 spiro atoms. The highest BCUT2D eigenvalue weighted by molar-refractivity contribution is 6.31. The van der Waals surface area contributed by atoms with Crippen molar-refractivity contribution in [2.45, 2.75) is 12.6 Å². The number of hydrogen-bond donors (Lipinski definition) is 2. The number of amides is 1. The van der Waals surface area contributed by atoms with Crippen LogP contribution in [0.3, 0.4) is 0 Å². The van der Waals surface area contributed by atoms with E-state index < -0.39 is 0 Å². The van der Waals surface area contributed by atoms with E-state index >= 15 is 0 Å². The van der Waals surface area contributed by atoms with Gasteiger partial charge in [0.25, 0.3) is 0 Å². The van der Waals surface area contributed by atoms with Gasteiger partial charge in [0.2, 0.25) is 5.91 Å². The normalized spacial score (nSPS) is 17.4. The van der Waals surface area contributed by atoms with E-state index in [-0.39, 0.29) is 30.2 Å². The van der Waals surface area contributed by atoms with Crippen molar-refractivity contribution in [2.24, 2.45) is 0 Å². The number of piperazine rings is 1. The van der Waals surface area contributed by atoms with E-state index in [4.69, 9.17) is 11.6 Å². The van der Waals surface area contributed by atoms with Gasteiger partial charge in [0.15, 0.2) is 0 Å². The third-order valence-electron chi connectivity index (χ3n) is 4.37. The number of benzene rings is 2. The SMILES string of the molecule is Cl.O=C(CN1CCNCC1c1ccccc1Cl)NCc1ccc(F)cc1. The molecule has 1 saturated heterocycles. The van der Waals surface area contributed by atoms with Crippen molar-refractivity contribution in [1.29, 1.82) is 0 Å². The molecule has 4 nitrogen and oxygen atoms in total. The fraction of sp³-hybridized carbons (Fsp3) is 0.316. The summed E-state index contributed by atoms with van der Waals surface area (Å²) in [5.74, 6) is -0.332. The van der Waals surface area contributed by atoms with Crippen LogP contribution in [0, 0.1) is 5.82 Å². The van der Waals surface area contributed by atoms with Crippen LogP contribution in [-0.2, 0) is 11.3 Å². The molecule has 1 aliphatic heterocycles. The van der Waals surface area contributed by atoms with Gasteiger partial charge in [-0.15, -0.1) is 12.4 Å². The maximum Gasteiger partial charge on any atom is 0.234 e. The van der Waals surface area contributed by atoms with Crippen LogP contribution in [0.15, 0.2) is 48.5 Å². The second-order valence-electron chi connectivity index (χ2n) is 6.12. The van der Waals surface area contributed by atoms with Crippen LogP contribution in [-0.4, -0.2) is 37.0 Å². The molecule has 3 rings (SSSR count). The predicted octanol–water partition coefficient (Wildman–Crippen LogP) is 3.16. The predicted molar refractivity (Wildman–Crippen MR) is 104 cm³/mol. The van der Waals surface area contributed by atoms with Gasteiger partial charge in [0.1, 0.15) is 5.82 Å². The lowest BCUT2D eigenvalue weighted by Crippen LogP contribution is -2.49. The van der Waals surface area contributed by atoms with Crippen LogP contribution in [0.1, 0.15) is 17.2 Å². The van der Waals surface area contributed by atoms with Gasteiger partial charge in [-0.1, -0.05) is 41.9 Å². The fourth-order valence-electron chi connectivity index (χ4n) is 3.03. The minimum absolute atomic E-state index is 0. The fourth-order valence-corrected chi connectivity index (χ4v) is 3.29. The molecule has 1 amide bonds. The van der Waals surface area contributed by atoms with E-state index in [2.05, 4.69) is 15.5 Å². The Bertz CT molecular complexity index is 727. The van der Waals surface area contributed by atoms with Gasteiger partial charge in [-0.3, -0.25) is 9.69 Å². The van der Waals surface area contributed by atoms with Crippen molar-refractivity contribution in [2.75, 3.05) is 26.2 Å². The van der Waals surface area contributed by atoms with Crippen molar-refractivity contribution in [3.63, 3.8) is 0 Å².